The van der Waals surface area contributed by atoms with E-state index in [2.05, 4.69) is 5.32 Å². The molecule has 104 valence electrons. The highest BCUT2D eigenvalue weighted by Crippen LogP contribution is 2.22. The average molecular weight is 292 g/mol. The van der Waals surface area contributed by atoms with E-state index in [-0.39, 0.29) is 5.92 Å². The van der Waals surface area contributed by atoms with Gasteiger partial charge in [-0.3, -0.25) is 4.79 Å². The summed E-state index contributed by atoms with van der Waals surface area (Å²) in [4.78, 5) is 22.7. The van der Waals surface area contributed by atoms with Crippen LogP contribution in [0.25, 0.3) is 0 Å². The Kier molecular flexibility index (Phi) is 4.83. The van der Waals surface area contributed by atoms with E-state index in [1.165, 1.54) is 0 Å². The first-order chi connectivity index (χ1) is 8.75. The van der Waals surface area contributed by atoms with Crippen LogP contribution in [-0.4, -0.2) is 23.0 Å². The molecule has 1 aromatic rings. The first-order valence-corrected chi connectivity index (χ1v) is 5.80. The molecule has 0 aliphatic heterocycles. The van der Waals surface area contributed by atoms with Gasteiger partial charge in [0.15, 0.2) is 5.82 Å². The molecule has 0 bridgehead atoms. The predicted octanol–water partition coefficient (Wildman–Crippen LogP) is 2.46. The summed E-state index contributed by atoms with van der Waals surface area (Å²) in [7, 11) is 0. The van der Waals surface area contributed by atoms with E-state index in [1.807, 2.05) is 0 Å². The molecule has 1 rings (SSSR count). The summed E-state index contributed by atoms with van der Waals surface area (Å²) in [6, 6.07) is 0.576. The van der Waals surface area contributed by atoms with E-state index in [9.17, 15) is 18.4 Å². The molecule has 0 spiro atoms. The highest BCUT2D eigenvalue weighted by atomic mass is 35.5. The number of carboxylic acids is 1. The van der Waals surface area contributed by atoms with Gasteiger partial charge in [-0.1, -0.05) is 25.4 Å². The maximum absolute atomic E-state index is 13.6. The molecule has 19 heavy (non-hydrogen) atoms. The highest BCUT2D eigenvalue weighted by Gasteiger charge is 2.26. The Bertz CT molecular complexity index is 520. The molecule has 0 fully saturated rings. The maximum atomic E-state index is 13.6. The molecule has 0 heterocycles. The third-order valence-corrected chi connectivity index (χ3v) is 2.85. The minimum atomic E-state index is -1.24. The normalized spacial score (nSPS) is 12.3. The Balaban J connectivity index is 3.02. The summed E-state index contributed by atoms with van der Waals surface area (Å²) in [5.74, 6) is -4.79. The quantitative estimate of drug-likeness (QED) is 0.838. The first kappa shape index (κ1) is 15.4. The van der Waals surface area contributed by atoms with Crippen LogP contribution in [-0.2, 0) is 4.79 Å². The van der Waals surface area contributed by atoms with Crippen LogP contribution in [0.3, 0.4) is 0 Å². The second kappa shape index (κ2) is 5.97. The summed E-state index contributed by atoms with van der Waals surface area (Å²) in [5, 5.41) is 10.3. The fraction of sp³-hybridized carbons (Fsp3) is 0.333. The largest absolute Gasteiger partial charge is 0.480 e. The second-order valence-corrected chi connectivity index (χ2v) is 4.63. The zero-order valence-corrected chi connectivity index (χ0v) is 11.0. The zero-order chi connectivity index (χ0) is 14.7. The van der Waals surface area contributed by atoms with Crippen LogP contribution in [0.5, 0.6) is 0 Å². The van der Waals surface area contributed by atoms with Gasteiger partial charge in [-0.2, -0.15) is 0 Å². The number of hydrogen-bond donors (Lipinski definition) is 2. The SMILES string of the molecule is CC(C)[C@H](NC(=O)c1ccc(F)c(Cl)c1F)C(=O)O. The molecule has 0 aliphatic carbocycles. The molecule has 1 amide bonds. The van der Waals surface area contributed by atoms with E-state index in [0.717, 1.165) is 12.1 Å². The Morgan fingerprint density at radius 1 is 1.32 bits per heavy atom. The van der Waals surface area contributed by atoms with Crippen molar-refractivity contribution >= 4 is 23.5 Å². The third kappa shape index (κ3) is 3.41. The number of carboxylic acid groups (broad SMARTS) is 1. The molecular weight excluding hydrogens is 280 g/mol. The van der Waals surface area contributed by atoms with Crippen molar-refractivity contribution in [2.45, 2.75) is 19.9 Å². The van der Waals surface area contributed by atoms with Crippen LogP contribution < -0.4 is 5.32 Å². The molecule has 0 radical (unpaired) electrons. The molecule has 4 nitrogen and oxygen atoms in total. The van der Waals surface area contributed by atoms with Gasteiger partial charge in [0, 0.05) is 0 Å². The van der Waals surface area contributed by atoms with Crippen LogP contribution in [0.2, 0.25) is 5.02 Å². The lowest BCUT2D eigenvalue weighted by Crippen LogP contribution is -2.44. The minimum absolute atomic E-state index is 0.388. The number of rotatable bonds is 4. The van der Waals surface area contributed by atoms with Crippen LogP contribution in [0.1, 0.15) is 24.2 Å². The second-order valence-electron chi connectivity index (χ2n) is 4.26. The van der Waals surface area contributed by atoms with Gasteiger partial charge in [0.25, 0.3) is 5.91 Å². The molecule has 7 heteroatoms. The van der Waals surface area contributed by atoms with Crippen LogP contribution in [0.4, 0.5) is 8.78 Å². The van der Waals surface area contributed by atoms with Crippen molar-refractivity contribution in [3.05, 3.63) is 34.4 Å². The summed E-state index contributed by atoms with van der Waals surface area (Å²) in [6.45, 7) is 3.18. The lowest BCUT2D eigenvalue weighted by atomic mass is 10.0. The molecule has 1 aromatic carbocycles. The molecular formula is C12H12ClF2NO3. The van der Waals surface area contributed by atoms with Crippen molar-refractivity contribution in [3.8, 4) is 0 Å². The predicted molar refractivity (Wildman–Crippen MR) is 65.1 cm³/mol. The maximum Gasteiger partial charge on any atom is 0.326 e. The number of benzene rings is 1. The molecule has 1 atom stereocenters. The average Bonchev–Trinajstić information content (AvgIpc) is 2.32. The fourth-order valence-electron chi connectivity index (χ4n) is 1.43. The van der Waals surface area contributed by atoms with Gasteiger partial charge >= 0.3 is 5.97 Å². The summed E-state index contributed by atoms with van der Waals surface area (Å²) < 4.78 is 26.5. The molecule has 0 aromatic heterocycles. The number of carbonyl (C=O) groups excluding carboxylic acids is 1. The molecule has 0 aliphatic rings. The molecule has 0 saturated carbocycles. The zero-order valence-electron chi connectivity index (χ0n) is 10.2. The van der Waals surface area contributed by atoms with Gasteiger partial charge in [0.2, 0.25) is 0 Å². The Hall–Kier alpha value is -1.69. The summed E-state index contributed by atoms with van der Waals surface area (Å²) in [6.07, 6.45) is 0. The Morgan fingerprint density at radius 2 is 1.89 bits per heavy atom. The molecule has 2 N–H and O–H groups in total. The minimum Gasteiger partial charge on any atom is -0.480 e. The van der Waals surface area contributed by atoms with E-state index in [4.69, 9.17) is 16.7 Å². The number of amides is 1. The number of carbonyl (C=O) groups is 2. The summed E-state index contributed by atoms with van der Waals surface area (Å²) in [5.41, 5.74) is -0.502. The van der Waals surface area contributed by atoms with E-state index in [1.54, 1.807) is 13.8 Å². The lowest BCUT2D eigenvalue weighted by molar-refractivity contribution is -0.140. The Labute approximate surface area is 113 Å². The van der Waals surface area contributed by atoms with Crippen LogP contribution >= 0.6 is 11.6 Å². The number of aliphatic carboxylic acids is 1. The summed E-state index contributed by atoms with van der Waals surface area (Å²) >= 11 is 5.34. The van der Waals surface area contributed by atoms with Gasteiger partial charge in [-0.15, -0.1) is 0 Å². The van der Waals surface area contributed by atoms with Crippen molar-refractivity contribution in [2.75, 3.05) is 0 Å². The lowest BCUT2D eigenvalue weighted by Gasteiger charge is -2.18. The first-order valence-electron chi connectivity index (χ1n) is 5.42. The smallest absolute Gasteiger partial charge is 0.326 e. The van der Waals surface area contributed by atoms with E-state index in [0.29, 0.717) is 0 Å². The standard InChI is InChI=1S/C12H12ClF2NO3/c1-5(2)10(12(18)19)16-11(17)6-3-4-7(14)8(13)9(6)15/h3-5,10H,1-2H3,(H,16,17)(H,18,19)/t10-/m0/s1. The molecule has 0 unspecified atom stereocenters. The van der Waals surface area contributed by atoms with Crippen molar-refractivity contribution < 1.29 is 23.5 Å². The number of nitrogens with one attached hydrogen (secondary N) is 1. The topological polar surface area (TPSA) is 66.4 Å². The van der Waals surface area contributed by atoms with E-state index < -0.39 is 40.1 Å². The number of halogens is 3. The van der Waals surface area contributed by atoms with Crippen LogP contribution in [0, 0.1) is 17.6 Å². The van der Waals surface area contributed by atoms with Crippen LogP contribution in [0.15, 0.2) is 12.1 Å². The van der Waals surface area contributed by atoms with Crippen molar-refractivity contribution in [3.63, 3.8) is 0 Å². The van der Waals surface area contributed by atoms with Crippen molar-refractivity contribution in [2.24, 2.45) is 5.92 Å². The fourth-order valence-corrected chi connectivity index (χ4v) is 1.60. The van der Waals surface area contributed by atoms with E-state index >= 15 is 0 Å². The van der Waals surface area contributed by atoms with Gasteiger partial charge in [-0.25, -0.2) is 13.6 Å². The highest BCUT2D eigenvalue weighted by molar-refractivity contribution is 6.31. The van der Waals surface area contributed by atoms with Gasteiger partial charge in [0.1, 0.15) is 16.9 Å². The van der Waals surface area contributed by atoms with Gasteiger partial charge < -0.3 is 10.4 Å². The van der Waals surface area contributed by atoms with Crippen molar-refractivity contribution in [1.82, 2.24) is 5.32 Å². The monoisotopic (exact) mass is 291 g/mol. The third-order valence-electron chi connectivity index (χ3n) is 2.50. The number of hydrogen-bond acceptors (Lipinski definition) is 2. The van der Waals surface area contributed by atoms with Gasteiger partial charge in [0.05, 0.1) is 5.56 Å². The molecule has 0 saturated heterocycles. The Morgan fingerprint density at radius 3 is 2.37 bits per heavy atom. The van der Waals surface area contributed by atoms with Gasteiger partial charge in [-0.05, 0) is 18.1 Å². The van der Waals surface area contributed by atoms with Crippen molar-refractivity contribution in [1.29, 1.82) is 0 Å².